The van der Waals surface area contributed by atoms with E-state index in [4.69, 9.17) is 0 Å². The van der Waals surface area contributed by atoms with Gasteiger partial charge in [0.25, 0.3) is 0 Å². The zero-order valence-corrected chi connectivity index (χ0v) is 5.51. The fraction of sp³-hybridized carbons (Fsp3) is 0.714. The smallest absolute Gasteiger partial charge is 0.0289 e. The van der Waals surface area contributed by atoms with Gasteiger partial charge in [-0.05, 0) is 12.8 Å². The van der Waals surface area contributed by atoms with Crippen LogP contribution >= 0.6 is 0 Å². The molecule has 0 saturated carbocycles. The lowest BCUT2D eigenvalue weighted by Gasteiger charge is -2.26. The van der Waals surface area contributed by atoms with Gasteiger partial charge in [0, 0.05) is 31.5 Å². The van der Waals surface area contributed by atoms with Crippen LogP contribution in [0.3, 0.4) is 0 Å². The fourth-order valence-electron chi connectivity index (χ4n) is 1.50. The molecule has 3 heterocycles. The molecule has 0 unspecified atom stereocenters. The maximum Gasteiger partial charge on any atom is 0.0289 e. The summed E-state index contributed by atoms with van der Waals surface area (Å²) in [5.74, 6) is 0. The summed E-state index contributed by atoms with van der Waals surface area (Å²) in [5.41, 5.74) is 0. The summed E-state index contributed by atoms with van der Waals surface area (Å²) in [4.78, 5) is 2.37. The van der Waals surface area contributed by atoms with Crippen LogP contribution in [0.2, 0.25) is 0 Å². The molecule has 0 aromatic rings. The summed E-state index contributed by atoms with van der Waals surface area (Å²) < 4.78 is 0. The molecule has 3 aliphatic rings. The van der Waals surface area contributed by atoms with Crippen molar-refractivity contribution in [1.29, 1.82) is 0 Å². The first-order valence-corrected chi connectivity index (χ1v) is 3.62. The Bertz CT molecular complexity index is 123. The second kappa shape index (κ2) is 1.94. The Kier molecular flexibility index (Phi) is 1.11. The largest absolute Gasteiger partial charge is 0.387 e. The molecule has 2 bridgehead atoms. The maximum absolute atomic E-state index is 3.35. The van der Waals surface area contributed by atoms with Crippen LogP contribution in [-0.4, -0.2) is 24.0 Å². The van der Waals surface area contributed by atoms with Gasteiger partial charge in [0.05, 0.1) is 0 Å². The minimum atomic E-state index is 0.764. The van der Waals surface area contributed by atoms with E-state index in [1.165, 1.54) is 25.9 Å². The number of hydrogen-bond acceptors (Lipinski definition) is 2. The molecule has 0 aromatic carbocycles. The van der Waals surface area contributed by atoms with E-state index in [2.05, 4.69) is 22.6 Å². The zero-order chi connectivity index (χ0) is 6.10. The highest BCUT2D eigenvalue weighted by Crippen LogP contribution is 2.12. The third kappa shape index (κ3) is 0.889. The highest BCUT2D eigenvalue weighted by molar-refractivity contribution is 4.93. The Labute approximate surface area is 55.5 Å². The van der Waals surface area contributed by atoms with Crippen LogP contribution in [0.1, 0.15) is 12.8 Å². The lowest BCUT2D eigenvalue weighted by atomic mass is 10.1. The summed E-state index contributed by atoms with van der Waals surface area (Å²) in [5, 5.41) is 3.35. The molecule has 0 amide bonds. The molecule has 2 heteroatoms. The summed E-state index contributed by atoms with van der Waals surface area (Å²) in [6.07, 6.45) is 6.86. The topological polar surface area (TPSA) is 15.3 Å². The molecule has 9 heavy (non-hydrogen) atoms. The van der Waals surface area contributed by atoms with Gasteiger partial charge in [0.1, 0.15) is 0 Å². The van der Waals surface area contributed by atoms with Gasteiger partial charge >= 0.3 is 0 Å². The van der Waals surface area contributed by atoms with E-state index in [1.54, 1.807) is 0 Å². The minimum Gasteiger partial charge on any atom is -0.387 e. The van der Waals surface area contributed by atoms with Gasteiger partial charge in [-0.15, -0.1) is 0 Å². The van der Waals surface area contributed by atoms with E-state index < -0.39 is 0 Å². The molecule has 0 radical (unpaired) electrons. The van der Waals surface area contributed by atoms with Crippen LogP contribution in [0.4, 0.5) is 0 Å². The first kappa shape index (κ1) is 5.15. The average molecular weight is 124 g/mol. The van der Waals surface area contributed by atoms with Crippen LogP contribution < -0.4 is 5.32 Å². The quantitative estimate of drug-likeness (QED) is 0.506. The van der Waals surface area contributed by atoms with Crippen molar-refractivity contribution in [2.45, 2.75) is 18.9 Å². The van der Waals surface area contributed by atoms with Crippen LogP contribution in [0.15, 0.2) is 12.4 Å². The molecular formula is C7H12N2. The van der Waals surface area contributed by atoms with Crippen LogP contribution in [0.5, 0.6) is 0 Å². The zero-order valence-electron chi connectivity index (χ0n) is 5.51. The monoisotopic (exact) mass is 124 g/mol. The van der Waals surface area contributed by atoms with E-state index in [0.29, 0.717) is 0 Å². The Balaban J connectivity index is 2.13. The maximum atomic E-state index is 3.35. The van der Waals surface area contributed by atoms with Crippen molar-refractivity contribution in [3.05, 3.63) is 12.4 Å². The summed E-state index contributed by atoms with van der Waals surface area (Å²) in [7, 11) is 0. The normalized spacial score (nSPS) is 26.0. The van der Waals surface area contributed by atoms with E-state index in [-0.39, 0.29) is 0 Å². The molecule has 0 aromatic heterocycles. The van der Waals surface area contributed by atoms with Gasteiger partial charge in [0.2, 0.25) is 0 Å². The summed E-state index contributed by atoms with van der Waals surface area (Å²) >= 11 is 0. The van der Waals surface area contributed by atoms with Crippen molar-refractivity contribution in [2.24, 2.45) is 0 Å². The van der Waals surface area contributed by atoms with Gasteiger partial charge in [-0.25, -0.2) is 0 Å². The number of nitrogens with zero attached hydrogens (tertiary/aromatic N) is 1. The number of piperidine rings is 1. The molecule has 0 aliphatic carbocycles. The molecule has 1 saturated heterocycles. The predicted octanol–water partition coefficient (Wildman–Crippen LogP) is 0.525. The Morgan fingerprint density at radius 2 is 2.11 bits per heavy atom. The Morgan fingerprint density at radius 3 is 2.89 bits per heavy atom. The Morgan fingerprint density at radius 1 is 1.33 bits per heavy atom. The van der Waals surface area contributed by atoms with E-state index >= 15 is 0 Å². The number of rotatable bonds is 0. The third-order valence-corrected chi connectivity index (χ3v) is 2.15. The molecule has 2 nitrogen and oxygen atoms in total. The molecular weight excluding hydrogens is 112 g/mol. The average Bonchev–Trinajstić information content (AvgIpc) is 2.21. The van der Waals surface area contributed by atoms with E-state index in [9.17, 15) is 0 Å². The third-order valence-electron chi connectivity index (χ3n) is 2.15. The van der Waals surface area contributed by atoms with Gasteiger partial charge < -0.3 is 10.2 Å². The summed E-state index contributed by atoms with van der Waals surface area (Å²) in [6.45, 7) is 2.49. The van der Waals surface area contributed by atoms with Crippen LogP contribution in [-0.2, 0) is 0 Å². The van der Waals surface area contributed by atoms with E-state index in [1.807, 2.05) is 0 Å². The van der Waals surface area contributed by atoms with Crippen molar-refractivity contribution in [3.63, 3.8) is 0 Å². The van der Waals surface area contributed by atoms with Crippen molar-refractivity contribution in [1.82, 2.24) is 10.2 Å². The highest BCUT2D eigenvalue weighted by Gasteiger charge is 2.17. The second-order valence-corrected chi connectivity index (χ2v) is 2.79. The van der Waals surface area contributed by atoms with Crippen molar-refractivity contribution in [3.8, 4) is 0 Å². The van der Waals surface area contributed by atoms with Crippen molar-refractivity contribution in [2.75, 3.05) is 13.1 Å². The fourth-order valence-corrected chi connectivity index (χ4v) is 1.50. The molecule has 1 N–H and O–H groups in total. The summed E-state index contributed by atoms with van der Waals surface area (Å²) in [6, 6.07) is 0.764. The van der Waals surface area contributed by atoms with Crippen LogP contribution in [0.25, 0.3) is 0 Å². The molecule has 0 atom stereocenters. The van der Waals surface area contributed by atoms with Gasteiger partial charge in [0.15, 0.2) is 0 Å². The SMILES string of the molecule is C1=CN2CCC(CC2)N1. The molecule has 1 fully saturated rings. The van der Waals surface area contributed by atoms with Crippen molar-refractivity contribution < 1.29 is 0 Å². The first-order valence-electron chi connectivity index (χ1n) is 3.62. The van der Waals surface area contributed by atoms with Crippen LogP contribution in [0, 0.1) is 0 Å². The number of hydrogen-bond donors (Lipinski definition) is 1. The van der Waals surface area contributed by atoms with Gasteiger partial charge in [-0.3, -0.25) is 0 Å². The predicted molar refractivity (Wildman–Crippen MR) is 36.9 cm³/mol. The molecule has 50 valence electrons. The number of fused-ring (bicyclic) bond motifs is 3. The highest BCUT2D eigenvalue weighted by atomic mass is 15.2. The van der Waals surface area contributed by atoms with E-state index in [0.717, 1.165) is 6.04 Å². The Hall–Kier alpha value is -0.660. The van der Waals surface area contributed by atoms with Gasteiger partial charge in [-0.2, -0.15) is 0 Å². The molecule has 3 aliphatic heterocycles. The standard InChI is InChI=1S/C7H12N2/c1-4-9-5-2-7(1)8-3-6-9/h3,6-8H,1-2,4-5H2. The molecule has 0 spiro atoms. The lowest BCUT2D eigenvalue weighted by Crippen LogP contribution is -2.34. The van der Waals surface area contributed by atoms with Crippen molar-refractivity contribution >= 4 is 0 Å². The second-order valence-electron chi connectivity index (χ2n) is 2.79. The van der Waals surface area contributed by atoms with Gasteiger partial charge in [-0.1, -0.05) is 0 Å². The minimum absolute atomic E-state index is 0.764. The number of nitrogens with one attached hydrogen (secondary N) is 1. The molecule has 3 rings (SSSR count). The first-order chi connectivity index (χ1) is 4.45. The lowest BCUT2D eigenvalue weighted by molar-refractivity contribution is 0.288.